The van der Waals surface area contributed by atoms with Crippen LogP contribution in [-0.2, 0) is 16.4 Å². The van der Waals surface area contributed by atoms with E-state index < -0.39 is 9.84 Å². The summed E-state index contributed by atoms with van der Waals surface area (Å²) >= 11 is 0. The lowest BCUT2D eigenvalue weighted by molar-refractivity contribution is 0.513. The SMILES string of the molecule is Cc1oc2ccccc2c1CNCC1CCS(=O)(=O)C1. The van der Waals surface area contributed by atoms with Crippen LogP contribution in [0.4, 0.5) is 0 Å². The van der Waals surface area contributed by atoms with Crippen molar-refractivity contribution in [1.29, 1.82) is 0 Å². The third-order valence-corrected chi connectivity index (χ3v) is 5.80. The number of benzene rings is 1. The van der Waals surface area contributed by atoms with Gasteiger partial charge < -0.3 is 9.73 Å². The fourth-order valence-electron chi connectivity index (χ4n) is 2.88. The predicted octanol–water partition coefficient (Wildman–Crippen LogP) is 2.27. The van der Waals surface area contributed by atoms with Crippen LogP contribution in [0.2, 0.25) is 0 Å². The molecule has 3 rings (SSSR count). The highest BCUT2D eigenvalue weighted by Crippen LogP contribution is 2.25. The Morgan fingerprint density at radius 2 is 2.15 bits per heavy atom. The molecule has 5 heteroatoms. The number of nitrogens with one attached hydrogen (secondary N) is 1. The molecule has 20 heavy (non-hydrogen) atoms. The summed E-state index contributed by atoms with van der Waals surface area (Å²) in [6.45, 7) is 3.44. The van der Waals surface area contributed by atoms with Crippen molar-refractivity contribution in [2.75, 3.05) is 18.1 Å². The minimum absolute atomic E-state index is 0.249. The van der Waals surface area contributed by atoms with Crippen LogP contribution >= 0.6 is 0 Å². The van der Waals surface area contributed by atoms with E-state index in [1.165, 1.54) is 5.56 Å². The van der Waals surface area contributed by atoms with Gasteiger partial charge in [0.25, 0.3) is 0 Å². The van der Waals surface area contributed by atoms with Crippen LogP contribution in [0.3, 0.4) is 0 Å². The van der Waals surface area contributed by atoms with E-state index in [4.69, 9.17) is 4.42 Å². The third-order valence-electron chi connectivity index (χ3n) is 3.96. The zero-order valence-corrected chi connectivity index (χ0v) is 12.4. The summed E-state index contributed by atoms with van der Waals surface area (Å²) < 4.78 is 28.6. The first-order valence-electron chi connectivity index (χ1n) is 6.93. The molecule has 1 atom stereocenters. The molecule has 1 aliphatic heterocycles. The van der Waals surface area contributed by atoms with Crippen LogP contribution in [0, 0.1) is 12.8 Å². The largest absolute Gasteiger partial charge is 0.461 e. The Hall–Kier alpha value is -1.33. The predicted molar refractivity (Wildman–Crippen MR) is 79.4 cm³/mol. The number of aryl methyl sites for hydroxylation is 1. The summed E-state index contributed by atoms with van der Waals surface area (Å²) in [5, 5.41) is 4.51. The molecule has 0 aliphatic carbocycles. The van der Waals surface area contributed by atoms with Crippen LogP contribution < -0.4 is 5.32 Å². The molecule has 2 heterocycles. The Kier molecular flexibility index (Phi) is 3.56. The maximum Gasteiger partial charge on any atom is 0.150 e. The summed E-state index contributed by atoms with van der Waals surface area (Å²) in [6, 6.07) is 7.99. The number of furan rings is 1. The monoisotopic (exact) mass is 293 g/mol. The lowest BCUT2D eigenvalue weighted by Gasteiger charge is -2.09. The van der Waals surface area contributed by atoms with Crippen molar-refractivity contribution in [2.45, 2.75) is 19.9 Å². The number of hydrogen-bond donors (Lipinski definition) is 1. The van der Waals surface area contributed by atoms with Crippen molar-refractivity contribution in [1.82, 2.24) is 5.32 Å². The van der Waals surface area contributed by atoms with Gasteiger partial charge in [0.1, 0.15) is 11.3 Å². The highest BCUT2D eigenvalue weighted by molar-refractivity contribution is 7.91. The maximum absolute atomic E-state index is 11.4. The first-order valence-corrected chi connectivity index (χ1v) is 8.75. The molecule has 1 aromatic heterocycles. The van der Waals surface area contributed by atoms with Gasteiger partial charge in [-0.15, -0.1) is 0 Å². The first-order chi connectivity index (χ1) is 9.55. The van der Waals surface area contributed by atoms with Crippen molar-refractivity contribution in [3.05, 3.63) is 35.6 Å². The van der Waals surface area contributed by atoms with Gasteiger partial charge in [0.2, 0.25) is 0 Å². The molecule has 1 aliphatic rings. The Bertz CT molecular complexity index is 718. The quantitative estimate of drug-likeness (QED) is 0.939. The number of para-hydroxylation sites is 1. The first kappa shape index (κ1) is 13.6. The van der Waals surface area contributed by atoms with Gasteiger partial charge in [-0.3, -0.25) is 0 Å². The van der Waals surface area contributed by atoms with E-state index in [2.05, 4.69) is 11.4 Å². The molecule has 2 aromatic rings. The van der Waals surface area contributed by atoms with Crippen molar-refractivity contribution in [3.63, 3.8) is 0 Å². The lowest BCUT2D eigenvalue weighted by atomic mass is 10.1. The van der Waals surface area contributed by atoms with Gasteiger partial charge in [-0.1, -0.05) is 18.2 Å². The molecule has 1 saturated heterocycles. The fourth-order valence-corrected chi connectivity index (χ4v) is 4.74. The molecule has 4 nitrogen and oxygen atoms in total. The van der Waals surface area contributed by atoms with Crippen LogP contribution in [0.25, 0.3) is 11.0 Å². The van der Waals surface area contributed by atoms with Gasteiger partial charge in [-0.25, -0.2) is 8.42 Å². The number of sulfone groups is 1. The molecule has 0 bridgehead atoms. The van der Waals surface area contributed by atoms with Gasteiger partial charge in [0, 0.05) is 17.5 Å². The van der Waals surface area contributed by atoms with E-state index in [-0.39, 0.29) is 5.92 Å². The summed E-state index contributed by atoms with van der Waals surface area (Å²) in [6.07, 6.45) is 0.778. The minimum Gasteiger partial charge on any atom is -0.461 e. The van der Waals surface area contributed by atoms with E-state index >= 15 is 0 Å². The Labute approximate surface area is 119 Å². The summed E-state index contributed by atoms with van der Waals surface area (Å²) in [5.74, 6) is 1.84. The smallest absolute Gasteiger partial charge is 0.150 e. The van der Waals surface area contributed by atoms with Gasteiger partial charge in [-0.2, -0.15) is 0 Å². The normalized spacial score (nSPS) is 21.6. The molecule has 1 fully saturated rings. The standard InChI is InChI=1S/C15H19NO3S/c1-11-14(13-4-2-3-5-15(13)19-11)9-16-8-12-6-7-20(17,18)10-12/h2-5,12,16H,6-10H2,1H3. The van der Waals surface area contributed by atoms with Crippen molar-refractivity contribution >= 4 is 20.8 Å². The second kappa shape index (κ2) is 5.22. The van der Waals surface area contributed by atoms with Gasteiger partial charge >= 0.3 is 0 Å². The average molecular weight is 293 g/mol. The Balaban J connectivity index is 1.64. The van der Waals surface area contributed by atoms with Crippen molar-refractivity contribution < 1.29 is 12.8 Å². The van der Waals surface area contributed by atoms with E-state index in [0.29, 0.717) is 11.5 Å². The van der Waals surface area contributed by atoms with Gasteiger partial charge in [0.15, 0.2) is 9.84 Å². The van der Waals surface area contributed by atoms with E-state index in [1.54, 1.807) is 0 Å². The van der Waals surface area contributed by atoms with Crippen LogP contribution in [0.1, 0.15) is 17.7 Å². The van der Waals surface area contributed by atoms with E-state index in [1.807, 2.05) is 25.1 Å². The zero-order valence-electron chi connectivity index (χ0n) is 11.6. The lowest BCUT2D eigenvalue weighted by Crippen LogP contribution is -2.23. The van der Waals surface area contributed by atoms with Crippen molar-refractivity contribution in [2.24, 2.45) is 5.92 Å². The highest BCUT2D eigenvalue weighted by atomic mass is 32.2. The second-order valence-corrected chi connectivity index (χ2v) is 7.76. The van der Waals surface area contributed by atoms with Crippen LogP contribution in [-0.4, -0.2) is 26.5 Å². The Morgan fingerprint density at radius 1 is 1.35 bits per heavy atom. The fraction of sp³-hybridized carbons (Fsp3) is 0.467. The molecule has 0 amide bonds. The average Bonchev–Trinajstić information content (AvgIpc) is 2.90. The van der Waals surface area contributed by atoms with E-state index in [9.17, 15) is 8.42 Å². The molecular formula is C15H19NO3S. The summed E-state index contributed by atoms with van der Waals surface area (Å²) in [4.78, 5) is 0. The van der Waals surface area contributed by atoms with Crippen LogP contribution in [0.5, 0.6) is 0 Å². The Morgan fingerprint density at radius 3 is 2.90 bits per heavy atom. The van der Waals surface area contributed by atoms with E-state index in [0.717, 1.165) is 36.2 Å². The zero-order chi connectivity index (χ0) is 14.2. The molecule has 108 valence electrons. The molecular weight excluding hydrogens is 274 g/mol. The maximum atomic E-state index is 11.4. The van der Waals surface area contributed by atoms with Crippen molar-refractivity contribution in [3.8, 4) is 0 Å². The number of fused-ring (bicyclic) bond motifs is 1. The molecule has 0 spiro atoms. The second-order valence-electron chi connectivity index (χ2n) is 5.53. The minimum atomic E-state index is -2.78. The highest BCUT2D eigenvalue weighted by Gasteiger charge is 2.27. The molecule has 1 aromatic carbocycles. The molecule has 1 unspecified atom stereocenters. The van der Waals surface area contributed by atoms with Gasteiger partial charge in [-0.05, 0) is 31.9 Å². The topological polar surface area (TPSA) is 59.3 Å². The summed E-state index contributed by atoms with van der Waals surface area (Å²) in [7, 11) is -2.78. The third kappa shape index (κ3) is 2.74. The molecule has 0 saturated carbocycles. The summed E-state index contributed by atoms with van der Waals surface area (Å²) in [5.41, 5.74) is 2.08. The van der Waals surface area contributed by atoms with Crippen LogP contribution in [0.15, 0.2) is 28.7 Å². The van der Waals surface area contributed by atoms with Gasteiger partial charge in [0.05, 0.1) is 11.5 Å². The molecule has 0 radical (unpaired) electrons. The number of hydrogen-bond acceptors (Lipinski definition) is 4. The number of rotatable bonds is 4. The molecule has 1 N–H and O–H groups in total.